The molecular weight excluding hydrogens is 276 g/mol. The molecule has 0 bridgehead atoms. The van der Waals surface area contributed by atoms with Crippen molar-refractivity contribution < 1.29 is 19.0 Å². The van der Waals surface area contributed by atoms with Crippen molar-refractivity contribution in [2.45, 2.75) is 26.9 Å². The lowest BCUT2D eigenvalue weighted by atomic mass is 10.2. The first kappa shape index (κ1) is 14.7. The van der Waals surface area contributed by atoms with E-state index in [1.165, 1.54) is 18.4 Å². The lowest BCUT2D eigenvalue weighted by Crippen LogP contribution is -2.05. The van der Waals surface area contributed by atoms with Crippen molar-refractivity contribution in [2.24, 2.45) is 0 Å². The monoisotopic (exact) mass is 294 g/mol. The maximum Gasteiger partial charge on any atom is 0.348 e. The maximum atomic E-state index is 11.6. The van der Waals surface area contributed by atoms with E-state index in [2.05, 4.69) is 0 Å². The second-order valence-electron chi connectivity index (χ2n) is 4.54. The van der Waals surface area contributed by atoms with Crippen molar-refractivity contribution in [1.82, 2.24) is 0 Å². The average molecular weight is 294 g/mol. The standard InChI is InChI=1S/C15H18O4S/c1-5-18-12-6-10(19-9(2)3)7-13-11(12)8-14(20-13)15(16)17-4/h6-9H,5H2,1-4H3. The first-order chi connectivity index (χ1) is 9.55. The zero-order chi connectivity index (χ0) is 14.7. The molecule has 2 rings (SSSR count). The minimum Gasteiger partial charge on any atom is -0.493 e. The lowest BCUT2D eigenvalue weighted by molar-refractivity contribution is 0.0606. The number of carbonyl (C=O) groups is 1. The summed E-state index contributed by atoms with van der Waals surface area (Å²) >= 11 is 1.38. The van der Waals surface area contributed by atoms with Crippen LogP contribution in [0.1, 0.15) is 30.4 Å². The molecule has 0 spiro atoms. The van der Waals surface area contributed by atoms with Gasteiger partial charge in [-0.15, -0.1) is 11.3 Å². The third-order valence-electron chi connectivity index (χ3n) is 2.63. The highest BCUT2D eigenvalue weighted by Gasteiger charge is 2.15. The fraction of sp³-hybridized carbons (Fsp3) is 0.400. The van der Waals surface area contributed by atoms with Gasteiger partial charge in [-0.1, -0.05) is 0 Å². The number of rotatable bonds is 5. The molecule has 4 nitrogen and oxygen atoms in total. The summed E-state index contributed by atoms with van der Waals surface area (Å²) in [4.78, 5) is 12.2. The molecule has 1 aromatic heterocycles. The number of ether oxygens (including phenoxy) is 3. The molecule has 108 valence electrons. The Morgan fingerprint density at radius 2 is 2.05 bits per heavy atom. The van der Waals surface area contributed by atoms with Gasteiger partial charge in [-0.2, -0.15) is 0 Å². The van der Waals surface area contributed by atoms with E-state index < -0.39 is 0 Å². The smallest absolute Gasteiger partial charge is 0.348 e. The second-order valence-corrected chi connectivity index (χ2v) is 5.62. The van der Waals surface area contributed by atoms with Gasteiger partial charge in [-0.05, 0) is 32.9 Å². The fourth-order valence-corrected chi connectivity index (χ4v) is 2.92. The van der Waals surface area contributed by atoms with Crippen LogP contribution >= 0.6 is 11.3 Å². The van der Waals surface area contributed by atoms with E-state index in [0.29, 0.717) is 11.5 Å². The minimum absolute atomic E-state index is 0.0852. The third-order valence-corrected chi connectivity index (χ3v) is 3.69. The summed E-state index contributed by atoms with van der Waals surface area (Å²) in [7, 11) is 1.38. The van der Waals surface area contributed by atoms with E-state index in [9.17, 15) is 4.79 Å². The third kappa shape index (κ3) is 3.04. The predicted molar refractivity (Wildman–Crippen MR) is 80.1 cm³/mol. The normalized spacial score (nSPS) is 10.8. The van der Waals surface area contributed by atoms with Gasteiger partial charge in [0, 0.05) is 16.2 Å². The Morgan fingerprint density at radius 1 is 1.30 bits per heavy atom. The van der Waals surface area contributed by atoms with Crippen LogP contribution in [0.2, 0.25) is 0 Å². The quantitative estimate of drug-likeness (QED) is 0.785. The topological polar surface area (TPSA) is 44.8 Å². The summed E-state index contributed by atoms with van der Waals surface area (Å²) in [6, 6.07) is 5.59. The van der Waals surface area contributed by atoms with Crippen LogP contribution in [-0.2, 0) is 4.74 Å². The summed E-state index contributed by atoms with van der Waals surface area (Å²) in [5.74, 6) is 1.14. The summed E-state index contributed by atoms with van der Waals surface area (Å²) in [5.41, 5.74) is 0. The molecule has 1 aromatic carbocycles. The van der Waals surface area contributed by atoms with Crippen LogP contribution in [-0.4, -0.2) is 25.8 Å². The Kier molecular flexibility index (Phi) is 4.49. The van der Waals surface area contributed by atoms with E-state index >= 15 is 0 Å². The highest BCUT2D eigenvalue weighted by molar-refractivity contribution is 7.20. The van der Waals surface area contributed by atoms with Crippen molar-refractivity contribution in [3.63, 3.8) is 0 Å². The van der Waals surface area contributed by atoms with Gasteiger partial charge >= 0.3 is 5.97 Å². The zero-order valence-electron chi connectivity index (χ0n) is 12.1. The molecule has 0 unspecified atom stereocenters. The number of benzene rings is 1. The van der Waals surface area contributed by atoms with E-state index in [1.54, 1.807) is 6.07 Å². The molecule has 0 aliphatic carbocycles. The van der Waals surface area contributed by atoms with E-state index in [0.717, 1.165) is 21.6 Å². The Labute approximate surface area is 122 Å². The first-order valence-electron chi connectivity index (χ1n) is 6.50. The molecule has 0 atom stereocenters. The maximum absolute atomic E-state index is 11.6. The van der Waals surface area contributed by atoms with Crippen LogP contribution in [0, 0.1) is 0 Å². The number of hydrogen-bond donors (Lipinski definition) is 0. The van der Waals surface area contributed by atoms with Gasteiger partial charge in [0.15, 0.2) is 0 Å². The van der Waals surface area contributed by atoms with Gasteiger partial charge in [0.2, 0.25) is 0 Å². The number of thiophene rings is 1. The summed E-state index contributed by atoms with van der Waals surface area (Å²) in [6.07, 6.45) is 0.0852. The van der Waals surface area contributed by atoms with Gasteiger partial charge in [-0.25, -0.2) is 4.79 Å². The molecule has 2 aromatic rings. The SMILES string of the molecule is CCOc1cc(OC(C)C)cc2sc(C(=O)OC)cc12. The average Bonchev–Trinajstić information content (AvgIpc) is 2.81. The van der Waals surface area contributed by atoms with Gasteiger partial charge in [-0.3, -0.25) is 0 Å². The van der Waals surface area contributed by atoms with Crippen molar-refractivity contribution >= 4 is 27.4 Å². The van der Waals surface area contributed by atoms with Crippen LogP contribution in [0.25, 0.3) is 10.1 Å². The highest BCUT2D eigenvalue weighted by Crippen LogP contribution is 2.37. The highest BCUT2D eigenvalue weighted by atomic mass is 32.1. The second kappa shape index (κ2) is 6.13. The summed E-state index contributed by atoms with van der Waals surface area (Å²) < 4.78 is 17.1. The number of methoxy groups -OCH3 is 1. The zero-order valence-corrected chi connectivity index (χ0v) is 12.9. The molecule has 0 saturated carbocycles. The van der Waals surface area contributed by atoms with Crippen LogP contribution < -0.4 is 9.47 Å². The fourth-order valence-electron chi connectivity index (χ4n) is 1.90. The lowest BCUT2D eigenvalue weighted by Gasteiger charge is -2.12. The Morgan fingerprint density at radius 3 is 2.65 bits per heavy atom. The van der Waals surface area contributed by atoms with Gasteiger partial charge in [0.1, 0.15) is 16.4 Å². The van der Waals surface area contributed by atoms with Gasteiger partial charge < -0.3 is 14.2 Å². The molecule has 0 N–H and O–H groups in total. The first-order valence-corrected chi connectivity index (χ1v) is 7.32. The molecule has 0 saturated heterocycles. The summed E-state index contributed by atoms with van der Waals surface area (Å²) in [5, 5.41) is 0.911. The molecule has 0 aliphatic heterocycles. The van der Waals surface area contributed by atoms with E-state index in [4.69, 9.17) is 14.2 Å². The Hall–Kier alpha value is -1.75. The van der Waals surface area contributed by atoms with Crippen LogP contribution in [0.4, 0.5) is 0 Å². The molecule has 0 aliphatic rings. The van der Waals surface area contributed by atoms with Gasteiger partial charge in [0.25, 0.3) is 0 Å². The van der Waals surface area contributed by atoms with Crippen molar-refractivity contribution in [3.05, 3.63) is 23.1 Å². The van der Waals surface area contributed by atoms with Gasteiger partial charge in [0.05, 0.1) is 19.8 Å². The van der Waals surface area contributed by atoms with Crippen LogP contribution in [0.5, 0.6) is 11.5 Å². The number of fused-ring (bicyclic) bond motifs is 1. The van der Waals surface area contributed by atoms with Crippen molar-refractivity contribution in [3.8, 4) is 11.5 Å². The molecule has 0 fully saturated rings. The molecular formula is C15H18O4S. The Balaban J connectivity index is 2.52. The largest absolute Gasteiger partial charge is 0.493 e. The predicted octanol–water partition coefficient (Wildman–Crippen LogP) is 3.87. The van der Waals surface area contributed by atoms with E-state index in [1.807, 2.05) is 32.9 Å². The number of esters is 1. The minimum atomic E-state index is -0.333. The Bertz CT molecular complexity index is 616. The molecule has 20 heavy (non-hydrogen) atoms. The van der Waals surface area contributed by atoms with Crippen molar-refractivity contribution in [1.29, 1.82) is 0 Å². The van der Waals surface area contributed by atoms with E-state index in [-0.39, 0.29) is 12.1 Å². The summed E-state index contributed by atoms with van der Waals surface area (Å²) in [6.45, 7) is 6.43. The molecule has 0 radical (unpaired) electrons. The molecule has 0 amide bonds. The number of hydrogen-bond acceptors (Lipinski definition) is 5. The van der Waals surface area contributed by atoms with Crippen LogP contribution in [0.3, 0.4) is 0 Å². The number of carbonyl (C=O) groups excluding carboxylic acids is 1. The molecule has 5 heteroatoms. The van der Waals surface area contributed by atoms with Crippen LogP contribution in [0.15, 0.2) is 18.2 Å². The van der Waals surface area contributed by atoms with Crippen molar-refractivity contribution in [2.75, 3.05) is 13.7 Å². The molecule has 1 heterocycles.